The third-order valence-corrected chi connectivity index (χ3v) is 3.34. The van der Waals surface area contributed by atoms with Crippen LogP contribution in [0.4, 0.5) is 5.69 Å². The van der Waals surface area contributed by atoms with Gasteiger partial charge in [0, 0.05) is 21.0 Å². The van der Waals surface area contributed by atoms with Gasteiger partial charge in [0.15, 0.2) is 0 Å². The highest BCUT2D eigenvalue weighted by molar-refractivity contribution is 14.1. The number of nitrogens with one attached hydrogen (secondary N) is 1. The zero-order chi connectivity index (χ0) is 13.8. The predicted molar refractivity (Wildman–Crippen MR) is 87.2 cm³/mol. The molecular formula is C13H10IN3OS. The minimum atomic E-state index is -0.268. The van der Waals surface area contributed by atoms with Gasteiger partial charge in [-0.2, -0.15) is 0 Å². The second-order valence-electron chi connectivity index (χ2n) is 3.76. The Kier molecular flexibility index (Phi) is 4.43. The average molecular weight is 383 g/mol. The Morgan fingerprint density at radius 2 is 1.89 bits per heavy atom. The van der Waals surface area contributed by atoms with E-state index in [2.05, 4.69) is 32.9 Å². The molecule has 0 spiro atoms. The van der Waals surface area contributed by atoms with E-state index < -0.39 is 0 Å². The van der Waals surface area contributed by atoms with Crippen molar-refractivity contribution >= 4 is 51.4 Å². The number of carbonyl (C=O) groups is 1. The molecule has 1 aromatic carbocycles. The van der Waals surface area contributed by atoms with Crippen LogP contribution < -0.4 is 11.1 Å². The van der Waals surface area contributed by atoms with Gasteiger partial charge in [0.05, 0.1) is 0 Å². The van der Waals surface area contributed by atoms with Gasteiger partial charge in [-0.05, 0) is 59.0 Å². The Hall–Kier alpha value is -1.54. The summed E-state index contributed by atoms with van der Waals surface area (Å²) in [6.45, 7) is 0. The monoisotopic (exact) mass is 383 g/mol. The summed E-state index contributed by atoms with van der Waals surface area (Å²) in [6, 6.07) is 10.8. The summed E-state index contributed by atoms with van der Waals surface area (Å²) in [4.78, 5) is 16.2. The number of anilines is 1. The Morgan fingerprint density at radius 3 is 2.42 bits per heavy atom. The molecule has 0 unspecified atom stereocenters. The summed E-state index contributed by atoms with van der Waals surface area (Å²) in [7, 11) is 0. The smallest absolute Gasteiger partial charge is 0.274 e. The summed E-state index contributed by atoms with van der Waals surface area (Å²) in [5, 5.41) is 2.77. The highest BCUT2D eigenvalue weighted by Gasteiger charge is 2.08. The van der Waals surface area contributed by atoms with Crippen molar-refractivity contribution < 1.29 is 4.79 Å². The zero-order valence-corrected chi connectivity index (χ0v) is 12.7. The molecule has 2 aromatic rings. The minimum Gasteiger partial charge on any atom is -0.389 e. The van der Waals surface area contributed by atoms with Gasteiger partial charge in [-0.3, -0.25) is 9.78 Å². The fraction of sp³-hybridized carbons (Fsp3) is 0. The number of nitrogens with two attached hydrogens (primary N) is 1. The van der Waals surface area contributed by atoms with E-state index in [0.717, 1.165) is 9.26 Å². The van der Waals surface area contributed by atoms with Gasteiger partial charge in [-0.15, -0.1) is 0 Å². The van der Waals surface area contributed by atoms with Gasteiger partial charge in [0.2, 0.25) is 0 Å². The molecule has 0 fully saturated rings. The van der Waals surface area contributed by atoms with Crippen LogP contribution in [-0.4, -0.2) is 15.9 Å². The number of aromatic nitrogens is 1. The number of hydrogen-bond acceptors (Lipinski definition) is 3. The standard InChI is InChI=1S/C13H10IN3OS/c14-9-2-4-10(5-3-9)17-13(18)11-6-1-8(7-16-11)12(15)19/h1-7H,(H2,15,19)(H,17,18). The van der Waals surface area contributed by atoms with Crippen LogP contribution in [0.5, 0.6) is 0 Å². The first-order chi connectivity index (χ1) is 9.06. The molecule has 1 amide bonds. The zero-order valence-electron chi connectivity index (χ0n) is 9.76. The van der Waals surface area contributed by atoms with Crippen molar-refractivity contribution in [2.45, 2.75) is 0 Å². The van der Waals surface area contributed by atoms with Crippen LogP contribution in [0, 0.1) is 3.57 Å². The van der Waals surface area contributed by atoms with E-state index in [0.29, 0.717) is 11.3 Å². The molecule has 0 bridgehead atoms. The molecule has 3 N–H and O–H groups in total. The van der Waals surface area contributed by atoms with Crippen LogP contribution in [0.3, 0.4) is 0 Å². The molecule has 19 heavy (non-hydrogen) atoms. The van der Waals surface area contributed by atoms with Crippen molar-refractivity contribution in [3.63, 3.8) is 0 Å². The van der Waals surface area contributed by atoms with Crippen molar-refractivity contribution in [1.29, 1.82) is 0 Å². The van der Waals surface area contributed by atoms with Gasteiger partial charge in [0.25, 0.3) is 5.91 Å². The highest BCUT2D eigenvalue weighted by atomic mass is 127. The van der Waals surface area contributed by atoms with Crippen molar-refractivity contribution in [3.05, 3.63) is 57.4 Å². The summed E-state index contributed by atoms with van der Waals surface area (Å²) in [6.07, 6.45) is 1.49. The van der Waals surface area contributed by atoms with E-state index >= 15 is 0 Å². The molecular weight excluding hydrogens is 373 g/mol. The number of pyridine rings is 1. The Balaban J connectivity index is 2.11. The first-order valence-corrected chi connectivity index (χ1v) is 6.88. The second-order valence-corrected chi connectivity index (χ2v) is 5.44. The Morgan fingerprint density at radius 1 is 1.21 bits per heavy atom. The summed E-state index contributed by atoms with van der Waals surface area (Å²) >= 11 is 7.03. The van der Waals surface area contributed by atoms with Crippen LogP contribution >= 0.6 is 34.8 Å². The average Bonchev–Trinajstić information content (AvgIpc) is 2.41. The molecule has 1 aromatic heterocycles. The van der Waals surface area contributed by atoms with Crippen LogP contribution in [0.2, 0.25) is 0 Å². The fourth-order valence-electron chi connectivity index (χ4n) is 1.40. The minimum absolute atomic E-state index is 0.261. The maximum absolute atomic E-state index is 11.9. The summed E-state index contributed by atoms with van der Waals surface area (Å²) in [5.41, 5.74) is 7.15. The van der Waals surface area contributed by atoms with Gasteiger partial charge in [-0.1, -0.05) is 12.2 Å². The Bertz CT molecular complexity index is 611. The van der Waals surface area contributed by atoms with Crippen LogP contribution in [0.1, 0.15) is 16.1 Å². The number of rotatable bonds is 3. The van der Waals surface area contributed by atoms with E-state index in [9.17, 15) is 4.79 Å². The molecule has 6 heteroatoms. The molecule has 4 nitrogen and oxygen atoms in total. The molecule has 0 saturated heterocycles. The number of nitrogens with zero attached hydrogens (tertiary/aromatic N) is 1. The van der Waals surface area contributed by atoms with E-state index in [1.807, 2.05) is 24.3 Å². The first-order valence-electron chi connectivity index (χ1n) is 5.39. The third-order valence-electron chi connectivity index (χ3n) is 2.38. The molecule has 0 aliphatic carbocycles. The van der Waals surface area contributed by atoms with E-state index in [1.165, 1.54) is 6.20 Å². The molecule has 0 radical (unpaired) electrons. The molecule has 0 aliphatic rings. The lowest BCUT2D eigenvalue weighted by molar-refractivity contribution is 0.102. The fourth-order valence-corrected chi connectivity index (χ4v) is 1.88. The Labute approximate surface area is 129 Å². The normalized spacial score (nSPS) is 9.95. The maximum Gasteiger partial charge on any atom is 0.274 e. The van der Waals surface area contributed by atoms with E-state index in [4.69, 9.17) is 18.0 Å². The van der Waals surface area contributed by atoms with Gasteiger partial charge in [-0.25, -0.2) is 0 Å². The third kappa shape index (κ3) is 3.71. The van der Waals surface area contributed by atoms with E-state index in [-0.39, 0.29) is 10.9 Å². The predicted octanol–water partition coefficient (Wildman–Crippen LogP) is 2.57. The number of amides is 1. The number of carbonyl (C=O) groups excluding carboxylic acids is 1. The number of halogens is 1. The van der Waals surface area contributed by atoms with Crippen molar-refractivity contribution in [2.75, 3.05) is 5.32 Å². The maximum atomic E-state index is 11.9. The van der Waals surface area contributed by atoms with Gasteiger partial charge in [0.1, 0.15) is 10.7 Å². The van der Waals surface area contributed by atoms with Crippen molar-refractivity contribution in [2.24, 2.45) is 5.73 Å². The number of benzene rings is 1. The lowest BCUT2D eigenvalue weighted by Gasteiger charge is -2.05. The molecule has 0 aliphatic heterocycles. The summed E-state index contributed by atoms with van der Waals surface area (Å²) in [5.74, 6) is -0.268. The molecule has 96 valence electrons. The second kappa shape index (κ2) is 6.07. The van der Waals surface area contributed by atoms with Gasteiger partial charge < -0.3 is 11.1 Å². The topological polar surface area (TPSA) is 68.0 Å². The SMILES string of the molecule is NC(=S)c1ccc(C(=O)Nc2ccc(I)cc2)nc1. The molecule has 1 heterocycles. The molecule has 2 rings (SSSR count). The molecule has 0 atom stereocenters. The quantitative estimate of drug-likeness (QED) is 0.632. The number of thiocarbonyl (C=S) groups is 1. The lowest BCUT2D eigenvalue weighted by atomic mass is 10.2. The lowest BCUT2D eigenvalue weighted by Crippen LogP contribution is -2.15. The highest BCUT2D eigenvalue weighted by Crippen LogP contribution is 2.12. The largest absolute Gasteiger partial charge is 0.389 e. The van der Waals surface area contributed by atoms with Crippen LogP contribution in [0.25, 0.3) is 0 Å². The molecule has 0 saturated carbocycles. The summed E-state index contributed by atoms with van der Waals surface area (Å²) < 4.78 is 1.11. The van der Waals surface area contributed by atoms with Gasteiger partial charge >= 0.3 is 0 Å². The first kappa shape index (κ1) is 13.9. The van der Waals surface area contributed by atoms with Crippen LogP contribution in [-0.2, 0) is 0 Å². The van der Waals surface area contributed by atoms with Crippen molar-refractivity contribution in [1.82, 2.24) is 4.98 Å². The number of hydrogen-bond donors (Lipinski definition) is 2. The van der Waals surface area contributed by atoms with Crippen LogP contribution in [0.15, 0.2) is 42.6 Å². The van der Waals surface area contributed by atoms with E-state index in [1.54, 1.807) is 12.1 Å². The van der Waals surface area contributed by atoms with Crippen molar-refractivity contribution in [3.8, 4) is 0 Å².